The van der Waals surface area contributed by atoms with E-state index in [4.69, 9.17) is 0 Å². The lowest BCUT2D eigenvalue weighted by Gasteiger charge is -2.00. The van der Waals surface area contributed by atoms with E-state index in [0.717, 1.165) is 16.3 Å². The molecule has 0 aliphatic heterocycles. The van der Waals surface area contributed by atoms with Crippen LogP contribution in [0.2, 0.25) is 0 Å². The van der Waals surface area contributed by atoms with Gasteiger partial charge in [0.15, 0.2) is 16.3 Å². The highest BCUT2D eigenvalue weighted by Crippen LogP contribution is 2.16. The molecule has 150 valence electrons. The Bertz CT molecular complexity index is 1240. The number of imidazole rings is 1. The predicted octanol–water partition coefficient (Wildman–Crippen LogP) is 0.111. The minimum Gasteiger partial charge on any atom is -0.327 e. The van der Waals surface area contributed by atoms with E-state index in [-0.39, 0.29) is 22.6 Å². The zero-order valence-electron chi connectivity index (χ0n) is 15.3. The highest BCUT2D eigenvalue weighted by atomic mass is 32.2. The van der Waals surface area contributed by atoms with Crippen LogP contribution in [0.3, 0.4) is 0 Å². The molecule has 1 aromatic carbocycles. The molecule has 2 N–H and O–H groups in total. The molecule has 2 heterocycles. The second kappa shape index (κ2) is 8.10. The first kappa shape index (κ1) is 20.0. The van der Waals surface area contributed by atoms with Crippen LogP contribution in [0.4, 0.5) is 5.69 Å². The van der Waals surface area contributed by atoms with Gasteiger partial charge in [-0.2, -0.15) is 5.10 Å². The van der Waals surface area contributed by atoms with Crippen molar-refractivity contribution in [2.24, 2.45) is 19.2 Å². The molecule has 0 unspecified atom stereocenters. The monoisotopic (exact) mass is 417 g/mol. The van der Waals surface area contributed by atoms with Crippen LogP contribution < -0.4 is 16.7 Å². The van der Waals surface area contributed by atoms with Crippen molar-refractivity contribution in [3.63, 3.8) is 0 Å². The molecule has 3 aromatic rings. The summed E-state index contributed by atoms with van der Waals surface area (Å²) >= 11 is 1.04. The first-order valence-corrected chi connectivity index (χ1v) is 9.11. The first-order chi connectivity index (χ1) is 13.8. The summed E-state index contributed by atoms with van der Waals surface area (Å²) in [5.74, 6) is -0.457. The van der Waals surface area contributed by atoms with Gasteiger partial charge in [0.1, 0.15) is 0 Å². The number of H-pyrrole nitrogens is 1. The molecule has 29 heavy (non-hydrogen) atoms. The second-order valence-corrected chi connectivity index (χ2v) is 6.84. The summed E-state index contributed by atoms with van der Waals surface area (Å²) in [5, 5.41) is 14.7. The van der Waals surface area contributed by atoms with Crippen molar-refractivity contribution in [3.05, 3.63) is 60.8 Å². The Labute approximate surface area is 166 Å². The largest absolute Gasteiger partial charge is 0.332 e. The van der Waals surface area contributed by atoms with Crippen LogP contribution in [0.5, 0.6) is 0 Å². The van der Waals surface area contributed by atoms with Gasteiger partial charge in [-0.1, -0.05) is 11.8 Å². The van der Waals surface area contributed by atoms with Gasteiger partial charge in [0, 0.05) is 26.2 Å². The van der Waals surface area contributed by atoms with Gasteiger partial charge >= 0.3 is 5.69 Å². The van der Waals surface area contributed by atoms with Crippen LogP contribution in [-0.2, 0) is 18.9 Å². The minimum atomic E-state index is -0.508. The third kappa shape index (κ3) is 4.24. The molecule has 0 radical (unpaired) electrons. The molecule has 1 amide bonds. The number of aryl methyl sites for hydroxylation is 1. The molecule has 0 saturated carbocycles. The number of fused-ring (bicyclic) bond motifs is 1. The molecule has 0 aliphatic carbocycles. The lowest BCUT2D eigenvalue weighted by Crippen LogP contribution is -2.36. The number of carbonyl (C=O) groups excluding carboxylic acids is 1. The van der Waals surface area contributed by atoms with Crippen molar-refractivity contribution >= 4 is 40.7 Å². The van der Waals surface area contributed by atoms with E-state index in [1.165, 1.54) is 49.1 Å². The number of hydrogen-bond donors (Lipinski definition) is 2. The van der Waals surface area contributed by atoms with E-state index in [1.807, 2.05) is 0 Å². The fourth-order valence-electron chi connectivity index (χ4n) is 2.40. The number of thioether (sulfide) groups is 1. The SMILES string of the molecule is Cn1c(=O)c2[nH]c(SCC(=O)NN=Cc3ccc([N+](=O)[O-])cc3)nc2n(C)c1=O. The van der Waals surface area contributed by atoms with Gasteiger partial charge in [-0.25, -0.2) is 15.2 Å². The number of hydrazone groups is 1. The number of nitrogens with zero attached hydrogens (tertiary/aromatic N) is 5. The van der Waals surface area contributed by atoms with Crippen molar-refractivity contribution < 1.29 is 9.72 Å². The van der Waals surface area contributed by atoms with E-state index in [1.54, 1.807) is 0 Å². The van der Waals surface area contributed by atoms with E-state index >= 15 is 0 Å². The molecule has 0 fully saturated rings. The topological polar surface area (TPSA) is 157 Å². The molecule has 0 bridgehead atoms. The van der Waals surface area contributed by atoms with Gasteiger partial charge in [0.25, 0.3) is 17.2 Å². The Kier molecular flexibility index (Phi) is 5.59. The third-order valence-electron chi connectivity index (χ3n) is 3.92. The lowest BCUT2D eigenvalue weighted by molar-refractivity contribution is -0.384. The maximum absolute atomic E-state index is 12.1. The van der Waals surface area contributed by atoms with Crippen LogP contribution in [-0.4, -0.2) is 41.9 Å². The Morgan fingerprint density at radius 3 is 2.66 bits per heavy atom. The zero-order valence-corrected chi connectivity index (χ0v) is 16.1. The van der Waals surface area contributed by atoms with E-state index in [0.29, 0.717) is 10.7 Å². The quantitative estimate of drug-likeness (QED) is 0.249. The van der Waals surface area contributed by atoms with Gasteiger partial charge in [-0.05, 0) is 17.7 Å². The minimum absolute atomic E-state index is 0.0360. The van der Waals surface area contributed by atoms with Crippen molar-refractivity contribution in [1.82, 2.24) is 24.5 Å². The number of nitro benzene ring substituents is 1. The smallest absolute Gasteiger partial charge is 0.327 e. The van der Waals surface area contributed by atoms with Gasteiger partial charge in [0.2, 0.25) is 0 Å². The number of carbonyl (C=O) groups is 1. The molecule has 12 nitrogen and oxygen atoms in total. The molecular formula is C16H15N7O5S. The normalized spacial score (nSPS) is 11.2. The molecular weight excluding hydrogens is 402 g/mol. The van der Waals surface area contributed by atoms with E-state index in [9.17, 15) is 24.5 Å². The number of non-ortho nitro benzene ring substituents is 1. The highest BCUT2D eigenvalue weighted by molar-refractivity contribution is 7.99. The Morgan fingerprint density at radius 1 is 1.31 bits per heavy atom. The zero-order chi connectivity index (χ0) is 21.1. The van der Waals surface area contributed by atoms with Crippen molar-refractivity contribution in [2.45, 2.75) is 5.16 Å². The van der Waals surface area contributed by atoms with Crippen molar-refractivity contribution in [2.75, 3.05) is 5.75 Å². The van der Waals surface area contributed by atoms with Gasteiger partial charge in [-0.3, -0.25) is 28.8 Å². The molecule has 0 atom stereocenters. The number of aromatic amines is 1. The number of benzene rings is 1. The van der Waals surface area contributed by atoms with Crippen LogP contribution in [0.15, 0.2) is 44.1 Å². The van der Waals surface area contributed by atoms with E-state index in [2.05, 4.69) is 20.5 Å². The number of rotatable bonds is 6. The highest BCUT2D eigenvalue weighted by Gasteiger charge is 2.14. The fraction of sp³-hybridized carbons (Fsp3) is 0.188. The van der Waals surface area contributed by atoms with Crippen LogP contribution in [0.25, 0.3) is 11.2 Å². The summed E-state index contributed by atoms with van der Waals surface area (Å²) in [7, 11) is 2.87. The fourth-order valence-corrected chi connectivity index (χ4v) is 3.06. The third-order valence-corrected chi connectivity index (χ3v) is 4.79. The average molecular weight is 417 g/mol. The Morgan fingerprint density at radius 2 is 2.00 bits per heavy atom. The summed E-state index contributed by atoms with van der Waals surface area (Å²) in [5.41, 5.74) is 2.25. The predicted molar refractivity (Wildman–Crippen MR) is 106 cm³/mol. The maximum atomic E-state index is 12.1. The van der Waals surface area contributed by atoms with Crippen molar-refractivity contribution in [3.8, 4) is 0 Å². The first-order valence-electron chi connectivity index (χ1n) is 8.13. The van der Waals surface area contributed by atoms with Crippen LogP contribution in [0.1, 0.15) is 5.56 Å². The average Bonchev–Trinajstić information content (AvgIpc) is 3.14. The summed E-state index contributed by atoms with van der Waals surface area (Å²) in [6, 6.07) is 5.67. The maximum Gasteiger partial charge on any atom is 0.332 e. The van der Waals surface area contributed by atoms with Crippen LogP contribution >= 0.6 is 11.8 Å². The Hall–Kier alpha value is -3.74. The number of nitro groups is 1. The molecule has 0 saturated heterocycles. The summed E-state index contributed by atoms with van der Waals surface area (Å²) < 4.78 is 2.21. The van der Waals surface area contributed by atoms with Gasteiger partial charge < -0.3 is 4.98 Å². The van der Waals surface area contributed by atoms with Gasteiger partial charge in [-0.15, -0.1) is 0 Å². The van der Waals surface area contributed by atoms with E-state index < -0.39 is 22.1 Å². The number of amides is 1. The second-order valence-electron chi connectivity index (χ2n) is 5.88. The number of hydrogen-bond acceptors (Lipinski definition) is 8. The Balaban J connectivity index is 1.61. The summed E-state index contributed by atoms with van der Waals surface area (Å²) in [4.78, 5) is 53.0. The molecule has 0 aliphatic rings. The summed E-state index contributed by atoms with van der Waals surface area (Å²) in [6.07, 6.45) is 1.35. The molecule has 13 heteroatoms. The van der Waals surface area contributed by atoms with Crippen LogP contribution in [0, 0.1) is 10.1 Å². The number of aromatic nitrogens is 4. The standard InChI is InChI=1S/C16H15N7O5S/c1-21-13-12(14(25)22(2)16(21)26)18-15(19-13)29-8-11(24)20-17-7-9-3-5-10(6-4-9)23(27)28/h3-7H,8H2,1-2H3,(H,18,19)(H,20,24). The molecule has 3 rings (SSSR count). The van der Waals surface area contributed by atoms with Crippen molar-refractivity contribution in [1.29, 1.82) is 0 Å². The summed E-state index contributed by atoms with van der Waals surface area (Å²) in [6.45, 7) is 0. The molecule has 0 spiro atoms. The lowest BCUT2D eigenvalue weighted by atomic mass is 10.2. The molecule has 2 aromatic heterocycles. The number of nitrogens with one attached hydrogen (secondary N) is 2. The van der Waals surface area contributed by atoms with Gasteiger partial charge in [0.05, 0.1) is 16.9 Å².